The number of nitrogens with two attached hydrogens (primary N) is 1. The largest absolute Gasteiger partial charge is 0.464 e. The Morgan fingerprint density at radius 1 is 1.03 bits per heavy atom. The number of nitrogens with one attached hydrogen (secondary N) is 1. The maximum absolute atomic E-state index is 13.2. The summed E-state index contributed by atoms with van der Waals surface area (Å²) in [5.74, 6) is -0.713. The van der Waals surface area contributed by atoms with Crippen molar-refractivity contribution < 1.29 is 14.3 Å². The van der Waals surface area contributed by atoms with Crippen molar-refractivity contribution in [2.24, 2.45) is 5.73 Å². The molecule has 3 aromatic rings. The summed E-state index contributed by atoms with van der Waals surface area (Å²) < 4.78 is 4.74. The van der Waals surface area contributed by atoms with Crippen LogP contribution in [0.25, 0.3) is 0 Å². The van der Waals surface area contributed by atoms with E-state index in [0.717, 1.165) is 11.1 Å². The number of esters is 1. The Morgan fingerprint density at radius 2 is 1.62 bits per heavy atom. The Morgan fingerprint density at radius 3 is 2.21 bits per heavy atom. The molecule has 1 amide bonds. The topological polar surface area (TPSA) is 88.4 Å². The molecule has 1 heterocycles. The zero-order chi connectivity index (χ0) is 19.9. The SMILES string of the molecule is COC(=O)c1cc(N(Cc2ccccc2)C(=O)[C@@H](N)Cc2ccccc2)c[nH]1.Cl. The molecule has 7 heteroatoms. The molecule has 0 saturated heterocycles. The molecule has 6 nitrogen and oxygen atoms in total. The van der Waals surface area contributed by atoms with Gasteiger partial charge < -0.3 is 20.4 Å². The van der Waals surface area contributed by atoms with Gasteiger partial charge in [-0.25, -0.2) is 4.79 Å². The lowest BCUT2D eigenvalue weighted by Gasteiger charge is -2.25. The molecule has 3 rings (SSSR count). The van der Waals surface area contributed by atoms with Crippen molar-refractivity contribution >= 4 is 30.0 Å². The van der Waals surface area contributed by atoms with Crippen molar-refractivity contribution in [2.75, 3.05) is 12.0 Å². The highest BCUT2D eigenvalue weighted by Gasteiger charge is 2.24. The molecule has 0 spiro atoms. The monoisotopic (exact) mass is 413 g/mol. The first kappa shape index (κ1) is 22.2. The summed E-state index contributed by atoms with van der Waals surface area (Å²) in [5, 5.41) is 0. The Balaban J connectivity index is 0.00000300. The van der Waals surface area contributed by atoms with Gasteiger partial charge in [-0.15, -0.1) is 12.4 Å². The van der Waals surface area contributed by atoms with E-state index in [4.69, 9.17) is 10.5 Å². The second-order valence-electron chi connectivity index (χ2n) is 6.47. The van der Waals surface area contributed by atoms with Gasteiger partial charge in [0.25, 0.3) is 0 Å². The first-order valence-electron chi connectivity index (χ1n) is 9.00. The van der Waals surface area contributed by atoms with Gasteiger partial charge in [-0.3, -0.25) is 4.79 Å². The second kappa shape index (κ2) is 10.5. The fourth-order valence-electron chi connectivity index (χ4n) is 2.98. The molecule has 1 aromatic heterocycles. The van der Waals surface area contributed by atoms with Gasteiger partial charge in [-0.05, 0) is 23.6 Å². The molecule has 0 aliphatic heterocycles. The van der Waals surface area contributed by atoms with Gasteiger partial charge in [0.15, 0.2) is 0 Å². The van der Waals surface area contributed by atoms with E-state index in [1.807, 2.05) is 60.7 Å². The predicted octanol–water partition coefficient (Wildman–Crippen LogP) is 3.33. The number of hydrogen-bond acceptors (Lipinski definition) is 4. The van der Waals surface area contributed by atoms with Crippen LogP contribution >= 0.6 is 12.4 Å². The van der Waals surface area contributed by atoms with Crippen LogP contribution in [0, 0.1) is 0 Å². The molecular weight excluding hydrogens is 390 g/mol. The van der Waals surface area contributed by atoms with Crippen molar-refractivity contribution in [1.29, 1.82) is 0 Å². The molecule has 3 N–H and O–H groups in total. The number of rotatable bonds is 7. The van der Waals surface area contributed by atoms with Crippen molar-refractivity contribution in [1.82, 2.24) is 4.98 Å². The molecule has 0 radical (unpaired) electrons. The quantitative estimate of drug-likeness (QED) is 0.581. The third-order valence-corrected chi connectivity index (χ3v) is 4.45. The average molecular weight is 414 g/mol. The number of H-pyrrole nitrogens is 1. The van der Waals surface area contributed by atoms with E-state index in [0.29, 0.717) is 18.7 Å². The number of amides is 1. The van der Waals surface area contributed by atoms with E-state index >= 15 is 0 Å². The first-order valence-corrected chi connectivity index (χ1v) is 9.00. The minimum Gasteiger partial charge on any atom is -0.464 e. The lowest BCUT2D eigenvalue weighted by molar-refractivity contribution is -0.120. The summed E-state index contributed by atoms with van der Waals surface area (Å²) in [7, 11) is 1.31. The number of nitrogens with zero attached hydrogens (tertiary/aromatic N) is 1. The molecule has 0 bridgehead atoms. The van der Waals surface area contributed by atoms with Crippen LogP contribution < -0.4 is 10.6 Å². The van der Waals surface area contributed by atoms with Gasteiger partial charge in [0, 0.05) is 6.20 Å². The number of carbonyl (C=O) groups excluding carboxylic acids is 2. The highest BCUT2D eigenvalue weighted by molar-refractivity contribution is 5.98. The normalized spacial score (nSPS) is 11.2. The third-order valence-electron chi connectivity index (χ3n) is 4.45. The van der Waals surface area contributed by atoms with Crippen LogP contribution in [-0.4, -0.2) is 30.0 Å². The van der Waals surface area contributed by atoms with Crippen LogP contribution in [0.15, 0.2) is 72.9 Å². The summed E-state index contributed by atoms with van der Waals surface area (Å²) in [5.41, 5.74) is 9.04. The second-order valence-corrected chi connectivity index (χ2v) is 6.47. The van der Waals surface area contributed by atoms with Crippen LogP contribution in [0.2, 0.25) is 0 Å². The average Bonchev–Trinajstić information content (AvgIpc) is 3.22. The molecule has 2 aromatic carbocycles. The first-order chi connectivity index (χ1) is 13.6. The number of aromatic amines is 1. The molecular formula is C22H24ClN3O3. The van der Waals surface area contributed by atoms with Crippen molar-refractivity contribution in [2.45, 2.75) is 19.0 Å². The number of ether oxygens (including phenoxy) is 1. The molecule has 0 aliphatic rings. The maximum atomic E-state index is 13.2. The highest BCUT2D eigenvalue weighted by Crippen LogP contribution is 2.21. The van der Waals surface area contributed by atoms with Crippen molar-refractivity contribution in [3.63, 3.8) is 0 Å². The van der Waals surface area contributed by atoms with Gasteiger partial charge in [-0.1, -0.05) is 60.7 Å². The number of hydrogen-bond donors (Lipinski definition) is 2. The molecule has 1 atom stereocenters. The summed E-state index contributed by atoms with van der Waals surface area (Å²) in [6, 6.07) is 20.2. The smallest absolute Gasteiger partial charge is 0.354 e. The van der Waals surface area contributed by atoms with Crippen LogP contribution in [0.1, 0.15) is 21.6 Å². The molecule has 29 heavy (non-hydrogen) atoms. The molecule has 152 valence electrons. The summed E-state index contributed by atoms with van der Waals surface area (Å²) in [6.07, 6.45) is 2.04. The van der Waals surface area contributed by atoms with Gasteiger partial charge in [0.1, 0.15) is 5.69 Å². The third kappa shape index (κ3) is 5.70. The number of anilines is 1. The van der Waals surface area contributed by atoms with Crippen molar-refractivity contribution in [3.8, 4) is 0 Å². The van der Waals surface area contributed by atoms with E-state index in [2.05, 4.69) is 4.98 Å². The summed E-state index contributed by atoms with van der Waals surface area (Å²) >= 11 is 0. The Hall–Kier alpha value is -3.09. The number of aromatic nitrogens is 1. The maximum Gasteiger partial charge on any atom is 0.354 e. The molecule has 0 fully saturated rings. The Kier molecular flexibility index (Phi) is 8.00. The van der Waals surface area contributed by atoms with E-state index in [1.165, 1.54) is 7.11 Å². The van der Waals surface area contributed by atoms with Crippen LogP contribution in [0.3, 0.4) is 0 Å². The van der Waals surface area contributed by atoms with E-state index in [9.17, 15) is 9.59 Å². The Bertz CT molecular complexity index is 929. The van der Waals surface area contributed by atoms with Crippen LogP contribution in [0.5, 0.6) is 0 Å². The number of halogens is 1. The van der Waals surface area contributed by atoms with Crippen LogP contribution in [0.4, 0.5) is 5.69 Å². The Labute approximate surface area is 176 Å². The van der Waals surface area contributed by atoms with Crippen LogP contribution in [-0.2, 0) is 22.5 Å². The number of benzene rings is 2. The lowest BCUT2D eigenvalue weighted by atomic mass is 10.0. The molecule has 0 unspecified atom stereocenters. The molecule has 0 aliphatic carbocycles. The minimum absolute atomic E-state index is 0. The number of carbonyl (C=O) groups is 2. The van der Waals surface area contributed by atoms with Gasteiger partial charge in [0.05, 0.1) is 25.4 Å². The fraction of sp³-hybridized carbons (Fsp3) is 0.182. The summed E-state index contributed by atoms with van der Waals surface area (Å²) in [4.78, 5) is 29.4. The van der Waals surface area contributed by atoms with Gasteiger partial charge in [0.2, 0.25) is 5.91 Å². The van der Waals surface area contributed by atoms with E-state index in [-0.39, 0.29) is 24.0 Å². The standard InChI is InChI=1S/C22H23N3O3.ClH/c1-28-22(27)20-13-18(14-24-20)25(15-17-10-6-3-7-11-17)21(26)19(23)12-16-8-4-2-5-9-16;/h2-11,13-14,19,24H,12,15,23H2,1H3;1H/t19-;/m0./s1. The zero-order valence-electron chi connectivity index (χ0n) is 16.1. The summed E-state index contributed by atoms with van der Waals surface area (Å²) in [6.45, 7) is 0.348. The lowest BCUT2D eigenvalue weighted by Crippen LogP contribution is -2.44. The van der Waals surface area contributed by atoms with E-state index < -0.39 is 12.0 Å². The van der Waals surface area contributed by atoms with Gasteiger partial charge in [-0.2, -0.15) is 0 Å². The number of methoxy groups -OCH3 is 1. The zero-order valence-corrected chi connectivity index (χ0v) is 16.9. The predicted molar refractivity (Wildman–Crippen MR) is 115 cm³/mol. The molecule has 0 saturated carbocycles. The highest BCUT2D eigenvalue weighted by atomic mass is 35.5. The fourth-order valence-corrected chi connectivity index (χ4v) is 2.98. The minimum atomic E-state index is -0.706. The van der Waals surface area contributed by atoms with Crippen molar-refractivity contribution in [3.05, 3.63) is 89.7 Å². The van der Waals surface area contributed by atoms with E-state index in [1.54, 1.807) is 17.2 Å². The van der Waals surface area contributed by atoms with Gasteiger partial charge >= 0.3 is 5.97 Å².